The van der Waals surface area contributed by atoms with Crippen LogP contribution in [-0.2, 0) is 0 Å². The van der Waals surface area contributed by atoms with Gasteiger partial charge in [-0.25, -0.2) is 0 Å². The lowest BCUT2D eigenvalue weighted by Gasteiger charge is -2.10. The molecule has 2 atom stereocenters. The maximum Gasteiger partial charge on any atom is 0.234 e. The molecule has 0 bridgehead atoms. The van der Waals surface area contributed by atoms with Gasteiger partial charge in [0.15, 0.2) is 5.82 Å². The average molecular weight is 273 g/mol. The van der Waals surface area contributed by atoms with E-state index in [-0.39, 0.29) is 12.0 Å². The zero-order chi connectivity index (χ0) is 13.4. The molecule has 6 heteroatoms. The van der Waals surface area contributed by atoms with Gasteiger partial charge in [-0.3, -0.25) is 0 Å². The van der Waals surface area contributed by atoms with E-state index in [0.29, 0.717) is 0 Å². The van der Waals surface area contributed by atoms with Crippen molar-refractivity contribution < 1.29 is 0 Å². The van der Waals surface area contributed by atoms with Crippen LogP contribution in [-0.4, -0.2) is 25.9 Å². The lowest BCUT2D eigenvalue weighted by molar-refractivity contribution is 0.601. The fraction of sp³-hybridized carbons (Fsp3) is 0.308. The monoisotopic (exact) mass is 273 g/mol. The van der Waals surface area contributed by atoms with E-state index < -0.39 is 0 Å². The highest BCUT2D eigenvalue weighted by atomic mass is 32.1. The highest BCUT2D eigenvalue weighted by molar-refractivity contribution is 7.16. The van der Waals surface area contributed by atoms with Gasteiger partial charge in [0.25, 0.3) is 0 Å². The topological polar surface area (TPSA) is 69.1 Å². The molecule has 0 amide bonds. The van der Waals surface area contributed by atoms with Crippen molar-refractivity contribution in [2.45, 2.75) is 25.8 Å². The molecule has 5 nitrogen and oxygen atoms in total. The van der Waals surface area contributed by atoms with E-state index in [0.717, 1.165) is 21.4 Å². The van der Waals surface area contributed by atoms with E-state index in [1.807, 2.05) is 37.3 Å². The van der Waals surface area contributed by atoms with E-state index in [9.17, 15) is 0 Å². The predicted molar refractivity (Wildman–Crippen MR) is 76.2 cm³/mol. The molecule has 0 radical (unpaired) electrons. The zero-order valence-electron chi connectivity index (χ0n) is 10.8. The van der Waals surface area contributed by atoms with Gasteiger partial charge in [0, 0.05) is 17.5 Å². The second-order valence-electron chi connectivity index (χ2n) is 4.67. The Labute approximate surface area is 115 Å². The summed E-state index contributed by atoms with van der Waals surface area (Å²) in [4.78, 5) is 0.807. The molecule has 0 aliphatic heterocycles. The summed E-state index contributed by atoms with van der Waals surface area (Å²) in [5.41, 5.74) is 6.94. The van der Waals surface area contributed by atoms with Crippen LogP contribution in [0.2, 0.25) is 0 Å². The lowest BCUT2D eigenvalue weighted by Crippen LogP contribution is -2.22. The second kappa shape index (κ2) is 4.71. The first-order chi connectivity index (χ1) is 9.16. The van der Waals surface area contributed by atoms with Crippen molar-refractivity contribution in [3.8, 4) is 11.4 Å². The van der Waals surface area contributed by atoms with Crippen molar-refractivity contribution in [3.05, 3.63) is 35.3 Å². The Kier molecular flexibility index (Phi) is 3.04. The summed E-state index contributed by atoms with van der Waals surface area (Å²) in [7, 11) is 0. The SMILES string of the molecule is CC(N)C(C)c1nn2c(-c3ccccc3)nnc2s1. The molecule has 0 aliphatic rings. The van der Waals surface area contributed by atoms with Gasteiger partial charge in [-0.05, 0) is 6.92 Å². The summed E-state index contributed by atoms with van der Waals surface area (Å²) in [6.45, 7) is 4.07. The lowest BCUT2D eigenvalue weighted by atomic mass is 10.1. The van der Waals surface area contributed by atoms with Crippen LogP contribution in [0.4, 0.5) is 0 Å². The molecule has 0 spiro atoms. The largest absolute Gasteiger partial charge is 0.327 e. The molecule has 19 heavy (non-hydrogen) atoms. The van der Waals surface area contributed by atoms with Crippen molar-refractivity contribution >= 4 is 16.3 Å². The fourth-order valence-electron chi connectivity index (χ4n) is 1.81. The molecule has 0 saturated carbocycles. The molecule has 0 fully saturated rings. The maximum atomic E-state index is 5.93. The summed E-state index contributed by atoms with van der Waals surface area (Å²) in [6.07, 6.45) is 0. The van der Waals surface area contributed by atoms with Crippen LogP contribution in [0.1, 0.15) is 24.8 Å². The minimum Gasteiger partial charge on any atom is -0.327 e. The molecule has 2 heterocycles. The Balaban J connectivity index is 2.08. The van der Waals surface area contributed by atoms with Gasteiger partial charge in [0.2, 0.25) is 4.96 Å². The van der Waals surface area contributed by atoms with Crippen LogP contribution in [0.5, 0.6) is 0 Å². The third-order valence-electron chi connectivity index (χ3n) is 3.22. The summed E-state index contributed by atoms with van der Waals surface area (Å²) < 4.78 is 1.80. The molecule has 2 aromatic heterocycles. The number of hydrogen-bond donors (Lipinski definition) is 1. The van der Waals surface area contributed by atoms with Crippen molar-refractivity contribution in [1.82, 2.24) is 19.8 Å². The van der Waals surface area contributed by atoms with E-state index in [1.54, 1.807) is 15.9 Å². The number of nitrogens with zero attached hydrogens (tertiary/aromatic N) is 4. The van der Waals surface area contributed by atoms with E-state index in [4.69, 9.17) is 5.73 Å². The highest BCUT2D eigenvalue weighted by Crippen LogP contribution is 2.26. The van der Waals surface area contributed by atoms with Crippen molar-refractivity contribution in [2.75, 3.05) is 0 Å². The molecule has 98 valence electrons. The zero-order valence-corrected chi connectivity index (χ0v) is 11.6. The van der Waals surface area contributed by atoms with Gasteiger partial charge in [-0.2, -0.15) is 9.61 Å². The smallest absolute Gasteiger partial charge is 0.234 e. The number of benzene rings is 1. The molecule has 3 aromatic rings. The van der Waals surface area contributed by atoms with Gasteiger partial charge in [-0.1, -0.05) is 48.6 Å². The molecule has 3 rings (SSSR count). The third kappa shape index (κ3) is 2.13. The Morgan fingerprint density at radius 2 is 1.89 bits per heavy atom. The predicted octanol–water partition coefficient (Wildman–Crippen LogP) is 2.30. The quantitative estimate of drug-likeness (QED) is 0.795. The minimum atomic E-state index is 0.0731. The number of fused-ring (bicyclic) bond motifs is 1. The summed E-state index contributed by atoms with van der Waals surface area (Å²) >= 11 is 1.55. The number of aromatic nitrogens is 4. The number of rotatable bonds is 3. The average Bonchev–Trinajstić information content (AvgIpc) is 2.98. The van der Waals surface area contributed by atoms with E-state index in [2.05, 4.69) is 22.2 Å². The van der Waals surface area contributed by atoms with E-state index in [1.165, 1.54) is 0 Å². The van der Waals surface area contributed by atoms with Gasteiger partial charge >= 0.3 is 0 Å². The van der Waals surface area contributed by atoms with Gasteiger partial charge in [-0.15, -0.1) is 10.2 Å². The van der Waals surface area contributed by atoms with Crippen molar-refractivity contribution in [3.63, 3.8) is 0 Å². The molecule has 2 unspecified atom stereocenters. The van der Waals surface area contributed by atoms with Gasteiger partial charge in [0.1, 0.15) is 5.01 Å². The minimum absolute atomic E-state index is 0.0731. The Bertz CT molecular complexity index is 685. The Morgan fingerprint density at radius 1 is 1.16 bits per heavy atom. The first-order valence-corrected chi connectivity index (χ1v) is 7.01. The first-order valence-electron chi connectivity index (χ1n) is 6.20. The normalized spacial score (nSPS) is 14.7. The van der Waals surface area contributed by atoms with Crippen LogP contribution in [0.3, 0.4) is 0 Å². The van der Waals surface area contributed by atoms with Gasteiger partial charge < -0.3 is 5.73 Å². The second-order valence-corrected chi connectivity index (χ2v) is 5.66. The highest BCUT2D eigenvalue weighted by Gasteiger charge is 2.19. The molecule has 1 aromatic carbocycles. The van der Waals surface area contributed by atoms with Crippen LogP contribution >= 0.6 is 11.3 Å². The first kappa shape index (κ1) is 12.3. The Morgan fingerprint density at radius 3 is 2.58 bits per heavy atom. The van der Waals surface area contributed by atoms with Gasteiger partial charge in [0.05, 0.1) is 0 Å². The van der Waals surface area contributed by atoms with Crippen molar-refractivity contribution in [1.29, 1.82) is 0 Å². The maximum absolute atomic E-state index is 5.93. The Hall–Kier alpha value is -1.79. The standard InChI is InChI=1S/C13H15N5S/c1-8(9(2)14)12-17-18-11(15-16-13(18)19-12)10-6-4-3-5-7-10/h3-9H,14H2,1-2H3. The summed E-state index contributed by atoms with van der Waals surface area (Å²) in [5, 5.41) is 14.0. The van der Waals surface area contributed by atoms with Crippen LogP contribution in [0.25, 0.3) is 16.3 Å². The molecule has 0 saturated heterocycles. The number of hydrogen-bond acceptors (Lipinski definition) is 5. The third-order valence-corrected chi connectivity index (χ3v) is 4.32. The van der Waals surface area contributed by atoms with Crippen molar-refractivity contribution in [2.24, 2.45) is 5.73 Å². The molecular weight excluding hydrogens is 258 g/mol. The summed E-state index contributed by atoms with van der Waals surface area (Å²) in [6, 6.07) is 10.0. The van der Waals surface area contributed by atoms with Crippen LogP contribution in [0, 0.1) is 0 Å². The van der Waals surface area contributed by atoms with Crippen LogP contribution < -0.4 is 5.73 Å². The number of nitrogens with two attached hydrogens (primary N) is 1. The van der Waals surface area contributed by atoms with Crippen LogP contribution in [0.15, 0.2) is 30.3 Å². The van der Waals surface area contributed by atoms with E-state index >= 15 is 0 Å². The summed E-state index contributed by atoms with van der Waals surface area (Å²) in [5.74, 6) is 0.991. The fourth-order valence-corrected chi connectivity index (χ4v) is 2.81. The molecular formula is C13H15N5S. The molecule has 2 N–H and O–H groups in total. The molecule has 0 aliphatic carbocycles.